The van der Waals surface area contributed by atoms with Crippen LogP contribution in [0.4, 0.5) is 0 Å². The van der Waals surface area contributed by atoms with Gasteiger partial charge in [-0.2, -0.15) is 0 Å². The minimum atomic E-state index is -0.979. The van der Waals surface area contributed by atoms with Gasteiger partial charge < -0.3 is 14.2 Å². The molecule has 0 radical (unpaired) electrons. The second-order valence-corrected chi connectivity index (χ2v) is 7.35. The van der Waals surface area contributed by atoms with E-state index < -0.39 is 17.1 Å². The molecule has 0 N–H and O–H groups in total. The van der Waals surface area contributed by atoms with E-state index in [0.717, 1.165) is 5.57 Å². The van der Waals surface area contributed by atoms with Crippen molar-refractivity contribution >= 4 is 34.4 Å². The summed E-state index contributed by atoms with van der Waals surface area (Å²) >= 11 is 11.9. The van der Waals surface area contributed by atoms with E-state index in [1.165, 1.54) is 6.08 Å². The van der Waals surface area contributed by atoms with E-state index in [-0.39, 0.29) is 5.97 Å². The van der Waals surface area contributed by atoms with Gasteiger partial charge in [0.15, 0.2) is 6.10 Å². The minimum absolute atomic E-state index is 0.313. The molecule has 7 heteroatoms. The zero-order valence-corrected chi connectivity index (χ0v) is 18.7. The second-order valence-electron chi connectivity index (χ2n) is 6.57. The van der Waals surface area contributed by atoms with Crippen molar-refractivity contribution in [1.82, 2.24) is 0 Å². The summed E-state index contributed by atoms with van der Waals surface area (Å²) in [6.07, 6.45) is 12.7. The van der Waals surface area contributed by atoms with Crippen LogP contribution in [0.2, 0.25) is 0 Å². The summed E-state index contributed by atoms with van der Waals surface area (Å²) in [6, 6.07) is 0. The lowest BCUT2D eigenvalue weighted by molar-refractivity contribution is -0.145. The van der Waals surface area contributed by atoms with Crippen LogP contribution in [0.3, 0.4) is 0 Å². The van der Waals surface area contributed by atoms with E-state index in [9.17, 15) is 9.59 Å². The molecule has 1 saturated heterocycles. The molecule has 0 aromatic rings. The molecule has 1 fully saturated rings. The molecular formula is C22H26Cl2O5. The van der Waals surface area contributed by atoms with E-state index in [2.05, 4.69) is 0 Å². The molecule has 0 aromatic heterocycles. The molecule has 0 amide bonds. The first kappa shape index (κ1) is 25.0. The van der Waals surface area contributed by atoms with Crippen LogP contribution < -0.4 is 0 Å². The first-order valence-corrected chi connectivity index (χ1v) is 9.82. The normalized spacial score (nSPS) is 21.8. The summed E-state index contributed by atoms with van der Waals surface area (Å²) in [6.45, 7) is 9.15. The summed E-state index contributed by atoms with van der Waals surface area (Å²) in [4.78, 5) is 22.8. The molecule has 5 nitrogen and oxygen atoms in total. The third-order valence-electron chi connectivity index (χ3n) is 3.63. The van der Waals surface area contributed by atoms with Gasteiger partial charge in [-0.1, -0.05) is 53.6 Å². The van der Waals surface area contributed by atoms with Crippen molar-refractivity contribution in [2.75, 3.05) is 6.61 Å². The summed E-state index contributed by atoms with van der Waals surface area (Å²) in [5.74, 6) is -1.01. The molecular weight excluding hydrogens is 415 g/mol. The Morgan fingerprint density at radius 1 is 1.07 bits per heavy atom. The standard InChI is InChI=1S/C22H26Cl2O5/c1-6-27-18(25)14-10-8-12-15(2)11-7-9-13-17(23)16(3)19-20(21(24)26)29-22(4,5)28-19/h7-14,20H,6H2,1-5H3/b9-7+,12-8+,14-10+,15-11+,17-13+,19-16-/t20-/m0/s1. The quantitative estimate of drug-likeness (QED) is 0.216. The Hall–Kier alpha value is -2.08. The van der Waals surface area contributed by atoms with Crippen molar-refractivity contribution in [2.24, 2.45) is 0 Å². The average Bonchev–Trinajstić information content (AvgIpc) is 2.97. The zero-order valence-electron chi connectivity index (χ0n) is 17.2. The molecule has 1 aliphatic rings. The number of esters is 1. The third-order valence-corrected chi connectivity index (χ3v) is 4.24. The van der Waals surface area contributed by atoms with Gasteiger partial charge in [0.25, 0.3) is 5.24 Å². The van der Waals surface area contributed by atoms with Crippen molar-refractivity contribution in [2.45, 2.75) is 46.5 Å². The van der Waals surface area contributed by atoms with E-state index in [4.69, 9.17) is 37.4 Å². The van der Waals surface area contributed by atoms with Gasteiger partial charge in [0.05, 0.1) is 6.61 Å². The first-order valence-electron chi connectivity index (χ1n) is 9.07. The number of rotatable bonds is 8. The highest BCUT2D eigenvalue weighted by Crippen LogP contribution is 2.36. The van der Waals surface area contributed by atoms with E-state index in [1.807, 2.05) is 25.2 Å². The average molecular weight is 441 g/mol. The number of allylic oxidation sites excluding steroid dienone is 10. The van der Waals surface area contributed by atoms with Crippen molar-refractivity contribution in [3.05, 3.63) is 70.5 Å². The fraction of sp³-hybridized carbons (Fsp3) is 0.364. The molecule has 1 heterocycles. The van der Waals surface area contributed by atoms with Gasteiger partial charge in [-0.3, -0.25) is 4.79 Å². The molecule has 0 aliphatic carbocycles. The van der Waals surface area contributed by atoms with Crippen LogP contribution in [-0.2, 0) is 23.8 Å². The number of hydrogen-bond acceptors (Lipinski definition) is 5. The number of ether oxygens (including phenoxy) is 3. The Balaban J connectivity index is 2.78. The van der Waals surface area contributed by atoms with Crippen LogP contribution in [0.15, 0.2) is 70.5 Å². The highest BCUT2D eigenvalue weighted by atomic mass is 35.5. The van der Waals surface area contributed by atoms with Crippen molar-refractivity contribution in [3.63, 3.8) is 0 Å². The molecule has 158 valence electrons. The highest BCUT2D eigenvalue weighted by molar-refractivity contribution is 6.65. The van der Waals surface area contributed by atoms with Crippen molar-refractivity contribution in [1.29, 1.82) is 0 Å². The Labute approximate surface area is 182 Å². The molecule has 0 spiro atoms. The van der Waals surface area contributed by atoms with Crippen LogP contribution in [0, 0.1) is 0 Å². The van der Waals surface area contributed by atoms with Gasteiger partial charge in [0, 0.05) is 30.5 Å². The first-order chi connectivity index (χ1) is 13.6. The molecule has 0 bridgehead atoms. The van der Waals surface area contributed by atoms with Gasteiger partial charge >= 0.3 is 5.97 Å². The van der Waals surface area contributed by atoms with Crippen LogP contribution in [-0.4, -0.2) is 29.7 Å². The molecule has 0 saturated carbocycles. The van der Waals surface area contributed by atoms with E-state index in [1.54, 1.807) is 52.0 Å². The molecule has 1 atom stereocenters. The molecule has 1 aliphatic heterocycles. The number of hydrogen-bond donors (Lipinski definition) is 0. The lowest BCUT2D eigenvalue weighted by Gasteiger charge is -2.15. The molecule has 1 rings (SSSR count). The Bertz CT molecular complexity index is 798. The maximum Gasteiger partial charge on any atom is 0.330 e. The number of halogens is 2. The number of carbonyl (C=O) groups excluding carboxylic acids is 2. The lowest BCUT2D eigenvalue weighted by Crippen LogP contribution is -2.24. The molecule has 0 aromatic carbocycles. The van der Waals surface area contributed by atoms with Crippen LogP contribution in [0.25, 0.3) is 0 Å². The predicted molar refractivity (Wildman–Crippen MR) is 115 cm³/mol. The van der Waals surface area contributed by atoms with Crippen molar-refractivity contribution < 1.29 is 23.8 Å². The van der Waals surface area contributed by atoms with Gasteiger partial charge in [0.2, 0.25) is 5.79 Å². The zero-order chi connectivity index (χ0) is 22.0. The maximum absolute atomic E-state index is 11.6. The van der Waals surface area contributed by atoms with Crippen LogP contribution in [0.1, 0.15) is 34.6 Å². The summed E-state index contributed by atoms with van der Waals surface area (Å²) in [5.41, 5.74) is 1.54. The third kappa shape index (κ3) is 8.86. The lowest BCUT2D eigenvalue weighted by atomic mass is 10.1. The fourth-order valence-corrected chi connectivity index (χ4v) is 2.59. The van der Waals surface area contributed by atoms with E-state index >= 15 is 0 Å². The monoisotopic (exact) mass is 440 g/mol. The van der Waals surface area contributed by atoms with Gasteiger partial charge in [-0.05, 0) is 38.4 Å². The predicted octanol–water partition coefficient (Wildman–Crippen LogP) is 5.48. The molecule has 29 heavy (non-hydrogen) atoms. The van der Waals surface area contributed by atoms with Gasteiger partial charge in [-0.25, -0.2) is 4.79 Å². The van der Waals surface area contributed by atoms with Crippen LogP contribution in [0.5, 0.6) is 0 Å². The van der Waals surface area contributed by atoms with Crippen molar-refractivity contribution in [3.8, 4) is 0 Å². The number of carbonyl (C=O) groups is 2. The Kier molecular flexibility index (Phi) is 10.2. The van der Waals surface area contributed by atoms with Gasteiger partial charge in [-0.15, -0.1) is 0 Å². The minimum Gasteiger partial charge on any atom is -0.464 e. The maximum atomic E-state index is 11.6. The largest absolute Gasteiger partial charge is 0.464 e. The topological polar surface area (TPSA) is 61.8 Å². The molecule has 0 unspecified atom stereocenters. The highest BCUT2D eigenvalue weighted by Gasteiger charge is 2.42. The second kappa shape index (κ2) is 11.8. The van der Waals surface area contributed by atoms with Crippen LogP contribution >= 0.6 is 23.2 Å². The Morgan fingerprint density at radius 2 is 1.69 bits per heavy atom. The van der Waals surface area contributed by atoms with Gasteiger partial charge in [0.1, 0.15) is 5.76 Å². The smallest absolute Gasteiger partial charge is 0.330 e. The van der Waals surface area contributed by atoms with E-state index in [0.29, 0.717) is 23.0 Å². The fourth-order valence-electron chi connectivity index (χ4n) is 2.28. The summed E-state index contributed by atoms with van der Waals surface area (Å²) in [5, 5.41) is -0.258. The SMILES string of the molecule is CCOC(=O)/C=C/C=C/C(C)=C/C=C/C=C(Cl)\C(C)=C1/OC(C)(C)O[C@@H]1C(=O)Cl. The Morgan fingerprint density at radius 3 is 2.31 bits per heavy atom. The summed E-state index contributed by atoms with van der Waals surface area (Å²) < 4.78 is 16.0. The summed E-state index contributed by atoms with van der Waals surface area (Å²) in [7, 11) is 0.